The maximum Gasteiger partial charge on any atom is 0.309 e. The largest absolute Gasteiger partial charge is 0.481 e. The molecule has 10 nitrogen and oxygen atoms in total. The Labute approximate surface area is 347 Å². The van der Waals surface area contributed by atoms with Crippen LogP contribution in [0.5, 0.6) is 0 Å². The number of ether oxygens (including phenoxy) is 1. The normalized spacial score (nSPS) is 38.6. The molecule has 0 saturated heterocycles. The molecular formula is C48H72N4O6. The fourth-order valence-corrected chi connectivity index (χ4v) is 14.8. The van der Waals surface area contributed by atoms with Crippen molar-refractivity contribution < 1.29 is 29.0 Å². The molecule has 1 aromatic heterocycles. The summed E-state index contributed by atoms with van der Waals surface area (Å²) in [5, 5.41) is 9.69. The van der Waals surface area contributed by atoms with E-state index in [2.05, 4.69) is 63.3 Å². The van der Waals surface area contributed by atoms with Crippen LogP contribution in [0.25, 0.3) is 0 Å². The van der Waals surface area contributed by atoms with Crippen molar-refractivity contribution in [3.8, 4) is 0 Å². The number of Topliss-reactive ketones (excluding diaryl/α,β-unsaturated/α-hetero) is 1. The highest BCUT2D eigenvalue weighted by molar-refractivity contribution is 6.00. The maximum atomic E-state index is 14.3. The molecule has 6 aliphatic carbocycles. The molecule has 0 bridgehead atoms. The smallest absolute Gasteiger partial charge is 0.309 e. The monoisotopic (exact) mass is 801 g/mol. The molecule has 7 rings (SSSR count). The predicted molar refractivity (Wildman–Crippen MR) is 223 cm³/mol. The topological polar surface area (TPSA) is 130 Å². The molecule has 320 valence electrons. The highest BCUT2D eigenvalue weighted by Crippen LogP contribution is 2.77. The van der Waals surface area contributed by atoms with Crippen molar-refractivity contribution in [3.63, 3.8) is 0 Å². The number of carboxylic acids is 1. The van der Waals surface area contributed by atoms with Crippen molar-refractivity contribution >= 4 is 23.6 Å². The van der Waals surface area contributed by atoms with Gasteiger partial charge >= 0.3 is 11.9 Å². The van der Waals surface area contributed by atoms with Crippen LogP contribution in [0.4, 0.5) is 0 Å². The molecule has 0 unspecified atom stereocenters. The number of aromatic nitrogens is 2. The van der Waals surface area contributed by atoms with Crippen molar-refractivity contribution in [2.75, 3.05) is 33.7 Å². The number of rotatable bonds is 11. The molecule has 0 spiro atoms. The summed E-state index contributed by atoms with van der Waals surface area (Å²) in [6.07, 6.45) is 12.8. The van der Waals surface area contributed by atoms with E-state index in [0.29, 0.717) is 55.2 Å². The summed E-state index contributed by atoms with van der Waals surface area (Å²) in [6.45, 7) is 22.5. The summed E-state index contributed by atoms with van der Waals surface area (Å²) in [6, 6.07) is 1.69. The number of carboxylic acid groups (broad SMARTS) is 1. The maximum absolute atomic E-state index is 14.3. The van der Waals surface area contributed by atoms with E-state index in [4.69, 9.17) is 4.74 Å². The minimum absolute atomic E-state index is 0.0266. The SMILES string of the molecule is CC(C)C1=C2[C@H]3CC[C@@H]4[C@@]5(C)CC[C@H](OC(=O)[C@H]6C[C@@H](C(=O)O)C6(C)C)C(C)(C)[C@@H]5CC[C@@]4(C)[C@]3(C)CC[C@@]2(CCN(CCN(C)C)C(=O)c2ccncn2)CC1=O. The van der Waals surface area contributed by atoms with E-state index in [1.807, 2.05) is 32.8 Å². The number of carbonyl (C=O) groups excluding carboxylic acids is 3. The second kappa shape index (κ2) is 14.8. The van der Waals surface area contributed by atoms with Crippen LogP contribution < -0.4 is 0 Å². The standard InChI is InChI=1S/C48H72N4O6/c1-29(2)38-34(53)27-48(21-23-52(25-24-51(10)11)40(54)33-16-22-49-28-50-33)20-19-46(8)30(39(38)48)12-13-36-45(7)17-15-37(44(5,6)35(45)14-18-47(36,46)9)58-42(57)32-26-31(41(55)56)43(32,3)4/h16,22,28-32,35-37H,12-15,17-21,23-27H2,1-11H3,(H,55,56)/t30-,31+,32-,35+,36-,37+,45+,46-,47-,48-/m1/s1. The molecular weight excluding hydrogens is 729 g/mol. The number of fused-ring (bicyclic) bond motifs is 7. The van der Waals surface area contributed by atoms with Crippen LogP contribution in [0.3, 0.4) is 0 Å². The van der Waals surface area contributed by atoms with Gasteiger partial charge in [-0.25, -0.2) is 9.97 Å². The fraction of sp³-hybridized carbons (Fsp3) is 0.792. The second-order valence-corrected chi connectivity index (χ2v) is 22.2. The number of esters is 1. The average molecular weight is 801 g/mol. The Hall–Kier alpha value is -3.14. The van der Waals surface area contributed by atoms with Crippen LogP contribution in [-0.2, 0) is 19.1 Å². The molecule has 0 radical (unpaired) electrons. The van der Waals surface area contributed by atoms with E-state index in [-0.39, 0.29) is 56.9 Å². The lowest BCUT2D eigenvalue weighted by molar-refractivity contribution is -0.236. The lowest BCUT2D eigenvalue weighted by atomic mass is 9.33. The van der Waals surface area contributed by atoms with Crippen LogP contribution in [0, 0.1) is 68.0 Å². The lowest BCUT2D eigenvalue weighted by Gasteiger charge is -2.72. The third-order valence-corrected chi connectivity index (χ3v) is 18.4. The molecule has 6 aliphatic rings. The second-order valence-electron chi connectivity index (χ2n) is 22.2. The minimum atomic E-state index is -0.829. The molecule has 1 aromatic rings. The van der Waals surface area contributed by atoms with Crippen molar-refractivity contribution in [1.82, 2.24) is 19.8 Å². The summed E-state index contributed by atoms with van der Waals surface area (Å²) in [7, 11) is 4.06. The third-order valence-electron chi connectivity index (χ3n) is 18.4. The van der Waals surface area contributed by atoms with Gasteiger partial charge < -0.3 is 19.6 Å². The fourth-order valence-electron chi connectivity index (χ4n) is 14.8. The van der Waals surface area contributed by atoms with Gasteiger partial charge in [0.2, 0.25) is 0 Å². The Balaban J connectivity index is 1.14. The number of ketones is 1. The van der Waals surface area contributed by atoms with E-state index in [0.717, 1.165) is 69.9 Å². The highest BCUT2D eigenvalue weighted by atomic mass is 16.5. The van der Waals surface area contributed by atoms with Gasteiger partial charge in [-0.05, 0) is 135 Å². The summed E-state index contributed by atoms with van der Waals surface area (Å²) in [5.74, 6) is -0.321. The Morgan fingerprint density at radius 1 is 0.862 bits per heavy atom. The number of aliphatic carboxylic acids is 1. The first kappa shape index (κ1) is 43.0. The van der Waals surface area contributed by atoms with Gasteiger partial charge in [0.15, 0.2) is 5.78 Å². The zero-order valence-electron chi connectivity index (χ0n) is 37.5. The van der Waals surface area contributed by atoms with Crippen LogP contribution in [0.2, 0.25) is 0 Å². The molecule has 0 aromatic carbocycles. The molecule has 5 fully saturated rings. The average Bonchev–Trinajstić information content (AvgIpc) is 3.44. The van der Waals surface area contributed by atoms with Crippen molar-refractivity contribution in [2.45, 2.75) is 139 Å². The quantitative estimate of drug-likeness (QED) is 0.219. The molecule has 58 heavy (non-hydrogen) atoms. The number of hydrogen-bond donors (Lipinski definition) is 1. The Morgan fingerprint density at radius 2 is 1.59 bits per heavy atom. The molecule has 5 saturated carbocycles. The van der Waals surface area contributed by atoms with Gasteiger partial charge in [0, 0.05) is 43.1 Å². The zero-order valence-corrected chi connectivity index (χ0v) is 37.5. The first-order valence-corrected chi connectivity index (χ1v) is 22.5. The van der Waals surface area contributed by atoms with E-state index in [1.165, 1.54) is 11.9 Å². The van der Waals surface area contributed by atoms with Gasteiger partial charge in [0.25, 0.3) is 5.91 Å². The summed E-state index contributed by atoms with van der Waals surface area (Å²) in [4.78, 5) is 66.1. The van der Waals surface area contributed by atoms with Crippen molar-refractivity contribution in [1.29, 1.82) is 0 Å². The van der Waals surface area contributed by atoms with Gasteiger partial charge in [0.1, 0.15) is 18.1 Å². The summed E-state index contributed by atoms with van der Waals surface area (Å²) in [5.41, 5.74) is 2.06. The van der Waals surface area contributed by atoms with E-state index < -0.39 is 17.3 Å². The number of likely N-dealkylation sites (N-methyl/N-ethyl adjacent to an activating group) is 1. The zero-order chi connectivity index (χ0) is 42.4. The van der Waals surface area contributed by atoms with Crippen molar-refractivity contribution in [3.05, 3.63) is 35.4 Å². The number of hydrogen-bond acceptors (Lipinski definition) is 8. The van der Waals surface area contributed by atoms with Crippen LogP contribution in [-0.4, -0.2) is 88.3 Å². The highest BCUT2D eigenvalue weighted by Gasteiger charge is 2.70. The lowest BCUT2D eigenvalue weighted by Crippen LogP contribution is -2.66. The first-order valence-electron chi connectivity index (χ1n) is 22.5. The Bertz CT molecular complexity index is 1840. The predicted octanol–water partition coefficient (Wildman–Crippen LogP) is 8.51. The number of carbonyl (C=O) groups is 4. The molecule has 0 aliphatic heterocycles. The van der Waals surface area contributed by atoms with Gasteiger partial charge in [-0.15, -0.1) is 0 Å². The number of allylic oxidation sites excluding steroid dienone is 2. The summed E-state index contributed by atoms with van der Waals surface area (Å²) < 4.78 is 6.44. The Morgan fingerprint density at radius 3 is 2.21 bits per heavy atom. The van der Waals surface area contributed by atoms with Gasteiger partial charge in [-0.2, -0.15) is 0 Å². The number of amides is 1. The molecule has 10 heteroatoms. The first-order chi connectivity index (χ1) is 27.0. The van der Waals surface area contributed by atoms with Gasteiger partial charge in [0.05, 0.1) is 11.8 Å². The van der Waals surface area contributed by atoms with Crippen LogP contribution in [0.1, 0.15) is 143 Å². The van der Waals surface area contributed by atoms with Crippen LogP contribution >= 0.6 is 0 Å². The molecule has 10 atom stereocenters. The van der Waals surface area contributed by atoms with E-state index in [9.17, 15) is 24.3 Å². The molecule has 1 amide bonds. The van der Waals surface area contributed by atoms with Gasteiger partial charge in [-0.1, -0.05) is 67.9 Å². The van der Waals surface area contributed by atoms with E-state index in [1.54, 1.807) is 12.3 Å². The molecule has 1 N–H and O–H groups in total. The minimum Gasteiger partial charge on any atom is -0.481 e. The van der Waals surface area contributed by atoms with Gasteiger partial charge in [-0.3, -0.25) is 19.2 Å². The Kier molecular flexibility index (Phi) is 11.0. The molecule has 1 heterocycles. The van der Waals surface area contributed by atoms with Crippen molar-refractivity contribution in [2.24, 2.45) is 68.0 Å². The number of nitrogens with zero attached hydrogens (tertiary/aromatic N) is 4. The third kappa shape index (κ3) is 6.50. The van der Waals surface area contributed by atoms with E-state index >= 15 is 0 Å². The summed E-state index contributed by atoms with van der Waals surface area (Å²) >= 11 is 0. The van der Waals surface area contributed by atoms with Crippen LogP contribution in [0.15, 0.2) is 29.7 Å².